The lowest BCUT2D eigenvalue weighted by molar-refractivity contribution is 0.282. The smallest absolute Gasteiger partial charge is 0.175 e. The summed E-state index contributed by atoms with van der Waals surface area (Å²) in [5.41, 5.74) is 4.95. The highest BCUT2D eigenvalue weighted by atomic mass is 127. The zero-order valence-electron chi connectivity index (χ0n) is 17.1. The van der Waals surface area contributed by atoms with E-state index >= 15 is 0 Å². The van der Waals surface area contributed by atoms with Gasteiger partial charge in [0.2, 0.25) is 0 Å². The number of methoxy groups -OCH3 is 1. The molecule has 158 valence electrons. The molecule has 3 nitrogen and oxygen atoms in total. The highest BCUT2D eigenvalue weighted by Crippen LogP contribution is 2.51. The maximum absolute atomic E-state index is 6.14. The van der Waals surface area contributed by atoms with Gasteiger partial charge in [-0.1, -0.05) is 42.5 Å². The van der Waals surface area contributed by atoms with Crippen LogP contribution in [0.1, 0.15) is 35.1 Å². The van der Waals surface area contributed by atoms with Gasteiger partial charge in [-0.25, -0.2) is 0 Å². The van der Waals surface area contributed by atoms with Crippen molar-refractivity contribution in [3.8, 4) is 11.5 Å². The fourth-order valence-electron chi connectivity index (χ4n) is 4.68. The van der Waals surface area contributed by atoms with Gasteiger partial charge in [0, 0.05) is 15.2 Å². The zero-order valence-corrected chi connectivity index (χ0v) is 20.9. The first-order valence-electron chi connectivity index (χ1n) is 10.4. The van der Waals surface area contributed by atoms with Crippen LogP contribution in [-0.2, 0) is 6.61 Å². The monoisotopic (exact) mass is 587 g/mol. The number of allylic oxidation sites excluding steroid dienone is 2. The topological polar surface area (TPSA) is 30.5 Å². The van der Waals surface area contributed by atoms with Crippen molar-refractivity contribution in [1.29, 1.82) is 0 Å². The Hall–Kier alpha value is -1.99. The van der Waals surface area contributed by atoms with Crippen LogP contribution in [-0.4, -0.2) is 7.11 Å². The van der Waals surface area contributed by atoms with E-state index in [-0.39, 0.29) is 6.04 Å². The van der Waals surface area contributed by atoms with Gasteiger partial charge in [-0.3, -0.25) is 0 Å². The third-order valence-electron chi connectivity index (χ3n) is 6.16. The Balaban J connectivity index is 1.46. The van der Waals surface area contributed by atoms with Crippen molar-refractivity contribution in [2.45, 2.75) is 25.0 Å². The van der Waals surface area contributed by atoms with Gasteiger partial charge in [-0.15, -0.1) is 0 Å². The van der Waals surface area contributed by atoms with Crippen LogP contribution in [0.2, 0.25) is 0 Å². The van der Waals surface area contributed by atoms with E-state index in [1.165, 1.54) is 20.4 Å². The Bertz CT molecular complexity index is 1130. The molecule has 0 saturated heterocycles. The zero-order chi connectivity index (χ0) is 21.4. The van der Waals surface area contributed by atoms with Crippen molar-refractivity contribution in [3.05, 3.63) is 97.5 Å². The second kappa shape index (κ2) is 8.87. The van der Waals surface area contributed by atoms with Crippen LogP contribution >= 0.6 is 38.5 Å². The molecule has 3 atom stereocenters. The van der Waals surface area contributed by atoms with Crippen LogP contribution < -0.4 is 14.8 Å². The molecule has 1 N–H and O–H groups in total. The molecule has 0 bridgehead atoms. The quantitative estimate of drug-likeness (QED) is 0.248. The summed E-state index contributed by atoms with van der Waals surface area (Å²) in [6, 6.07) is 21.4. The molecular formula is C26H23BrINO2. The van der Waals surface area contributed by atoms with E-state index in [2.05, 4.69) is 98.5 Å². The predicted molar refractivity (Wildman–Crippen MR) is 137 cm³/mol. The molecule has 1 heterocycles. The Morgan fingerprint density at radius 1 is 1.10 bits per heavy atom. The van der Waals surface area contributed by atoms with Gasteiger partial charge in [-0.2, -0.15) is 0 Å². The molecule has 5 heteroatoms. The molecular weight excluding hydrogens is 565 g/mol. The second-order valence-corrected chi connectivity index (χ2v) is 10.1. The average Bonchev–Trinajstić information content (AvgIpc) is 3.28. The standard InChI is InChI=1S/C26H23BrINO2/c1-30-24-13-17(12-22(27)26(24)31-15-16-6-3-2-4-7-16)25-20-9-5-8-19(20)21-14-18(28)10-11-23(21)29-25/h2-8,10-14,19-20,25,29H,9,15H2,1H3/t19-,20+,25+/m1/s1. The van der Waals surface area contributed by atoms with Gasteiger partial charge in [0.05, 0.1) is 17.6 Å². The molecule has 0 saturated carbocycles. The number of hydrogen-bond acceptors (Lipinski definition) is 3. The third-order valence-corrected chi connectivity index (χ3v) is 7.42. The molecule has 0 fully saturated rings. The molecule has 5 rings (SSSR count). The first-order chi connectivity index (χ1) is 15.1. The largest absolute Gasteiger partial charge is 0.493 e. The van der Waals surface area contributed by atoms with Gasteiger partial charge in [0.1, 0.15) is 6.61 Å². The Labute approximate surface area is 205 Å². The molecule has 0 spiro atoms. The summed E-state index contributed by atoms with van der Waals surface area (Å²) >= 11 is 6.14. The van der Waals surface area contributed by atoms with Crippen molar-refractivity contribution >= 4 is 44.2 Å². The van der Waals surface area contributed by atoms with E-state index in [1.807, 2.05) is 18.2 Å². The van der Waals surface area contributed by atoms with E-state index < -0.39 is 0 Å². The highest BCUT2D eigenvalue weighted by molar-refractivity contribution is 14.1. The summed E-state index contributed by atoms with van der Waals surface area (Å²) in [6.45, 7) is 0.497. The van der Waals surface area contributed by atoms with E-state index in [0.29, 0.717) is 18.4 Å². The normalized spacial score (nSPS) is 21.2. The summed E-state index contributed by atoms with van der Waals surface area (Å²) < 4.78 is 14.1. The summed E-state index contributed by atoms with van der Waals surface area (Å²) in [5.74, 6) is 2.41. The number of ether oxygens (including phenoxy) is 2. The lowest BCUT2D eigenvalue weighted by Gasteiger charge is -2.38. The van der Waals surface area contributed by atoms with E-state index in [4.69, 9.17) is 9.47 Å². The van der Waals surface area contributed by atoms with Crippen molar-refractivity contribution in [3.63, 3.8) is 0 Å². The van der Waals surface area contributed by atoms with Crippen LogP contribution in [0.15, 0.2) is 77.3 Å². The van der Waals surface area contributed by atoms with E-state index in [0.717, 1.165) is 28.0 Å². The van der Waals surface area contributed by atoms with Gasteiger partial charge in [-0.05, 0) is 97.9 Å². The maximum atomic E-state index is 6.14. The summed E-state index contributed by atoms with van der Waals surface area (Å²) in [5, 5.41) is 3.81. The van der Waals surface area contributed by atoms with Crippen molar-refractivity contribution < 1.29 is 9.47 Å². The average molecular weight is 588 g/mol. The summed E-state index contributed by atoms with van der Waals surface area (Å²) in [4.78, 5) is 0. The predicted octanol–water partition coefficient (Wildman–Crippen LogP) is 7.47. The Morgan fingerprint density at radius 3 is 2.74 bits per heavy atom. The molecule has 3 aromatic rings. The number of rotatable bonds is 5. The van der Waals surface area contributed by atoms with Crippen LogP contribution in [0.5, 0.6) is 11.5 Å². The minimum Gasteiger partial charge on any atom is -0.493 e. The SMILES string of the molecule is COc1cc([C@@H]2Nc3ccc(I)cc3[C@@H]3C=CC[C@@H]32)cc(Br)c1OCc1ccccc1. The van der Waals surface area contributed by atoms with Crippen LogP contribution in [0.25, 0.3) is 0 Å². The fourth-order valence-corrected chi connectivity index (χ4v) is 5.77. The van der Waals surface area contributed by atoms with Gasteiger partial charge >= 0.3 is 0 Å². The van der Waals surface area contributed by atoms with Crippen molar-refractivity contribution in [1.82, 2.24) is 0 Å². The van der Waals surface area contributed by atoms with Crippen LogP contribution in [0, 0.1) is 9.49 Å². The second-order valence-electron chi connectivity index (χ2n) is 8.02. The number of anilines is 1. The Kier molecular flexibility index (Phi) is 5.97. The number of halogens is 2. The van der Waals surface area contributed by atoms with E-state index in [9.17, 15) is 0 Å². The van der Waals surface area contributed by atoms with Crippen LogP contribution in [0.3, 0.4) is 0 Å². The number of fused-ring (bicyclic) bond motifs is 3. The van der Waals surface area contributed by atoms with Crippen molar-refractivity contribution in [2.24, 2.45) is 5.92 Å². The lowest BCUT2D eigenvalue weighted by Crippen LogP contribution is -2.29. The highest BCUT2D eigenvalue weighted by Gasteiger charge is 2.38. The maximum Gasteiger partial charge on any atom is 0.175 e. The molecule has 0 amide bonds. The van der Waals surface area contributed by atoms with Gasteiger partial charge in [0.25, 0.3) is 0 Å². The molecule has 1 aliphatic heterocycles. The van der Waals surface area contributed by atoms with E-state index in [1.54, 1.807) is 7.11 Å². The minimum absolute atomic E-state index is 0.209. The van der Waals surface area contributed by atoms with Crippen molar-refractivity contribution in [2.75, 3.05) is 12.4 Å². The summed E-state index contributed by atoms with van der Waals surface area (Å²) in [7, 11) is 1.70. The Morgan fingerprint density at radius 2 is 1.94 bits per heavy atom. The van der Waals surface area contributed by atoms with Gasteiger partial charge in [0.15, 0.2) is 11.5 Å². The van der Waals surface area contributed by atoms with Gasteiger partial charge < -0.3 is 14.8 Å². The fraction of sp³-hybridized carbons (Fsp3) is 0.231. The number of benzene rings is 3. The van der Waals surface area contributed by atoms with Crippen LogP contribution in [0.4, 0.5) is 5.69 Å². The molecule has 0 aromatic heterocycles. The first-order valence-corrected chi connectivity index (χ1v) is 12.3. The molecule has 0 radical (unpaired) electrons. The molecule has 0 unspecified atom stereocenters. The first kappa shape index (κ1) is 20.9. The minimum atomic E-state index is 0.209. The number of hydrogen-bond donors (Lipinski definition) is 1. The molecule has 3 aromatic carbocycles. The molecule has 31 heavy (non-hydrogen) atoms. The third kappa shape index (κ3) is 4.10. The summed E-state index contributed by atoms with van der Waals surface area (Å²) in [6.07, 6.45) is 5.76. The molecule has 1 aliphatic carbocycles. The number of nitrogens with one attached hydrogen (secondary N) is 1. The lowest BCUT2D eigenvalue weighted by atomic mass is 9.77. The molecule has 2 aliphatic rings.